The van der Waals surface area contributed by atoms with Gasteiger partial charge in [0.15, 0.2) is 5.82 Å². The smallest absolute Gasteiger partial charge is 0.223 e. The minimum atomic E-state index is -0.996. The van der Waals surface area contributed by atoms with Gasteiger partial charge in [0, 0.05) is 50.8 Å². The molecule has 8 nitrogen and oxygen atoms in total. The maximum Gasteiger partial charge on any atom is 0.223 e. The van der Waals surface area contributed by atoms with E-state index >= 15 is 0 Å². The van der Waals surface area contributed by atoms with Gasteiger partial charge in [0.05, 0.1) is 23.8 Å². The molecule has 5 rings (SSSR count). The number of rotatable bonds is 8. The summed E-state index contributed by atoms with van der Waals surface area (Å²) in [6.45, 7) is 4.42. The molecule has 0 aliphatic carbocycles. The fraction of sp³-hybridized carbons (Fsp3) is 0.200. The number of hydrogen-bond donors (Lipinski definition) is 1. The number of nitrogens with zero attached hydrogens (tertiary/aromatic N) is 6. The Kier molecular flexibility index (Phi) is 7.84. The summed E-state index contributed by atoms with van der Waals surface area (Å²) in [6.07, 6.45) is 7.83. The summed E-state index contributed by atoms with van der Waals surface area (Å²) in [7, 11) is 0. The van der Waals surface area contributed by atoms with Crippen LogP contribution in [0.15, 0.2) is 55.1 Å². The van der Waals surface area contributed by atoms with E-state index < -0.39 is 17.2 Å². The topological polar surface area (TPSA) is 98.5 Å². The molecule has 0 saturated heterocycles. The van der Waals surface area contributed by atoms with Gasteiger partial charge in [0.1, 0.15) is 5.69 Å². The number of hydrogen-bond acceptors (Lipinski definition) is 8. The Morgan fingerprint density at radius 3 is 2.73 bits per heavy atom. The molecule has 188 valence electrons. The number of anilines is 1. The molecule has 0 radical (unpaired) electrons. The third-order valence-corrected chi connectivity index (χ3v) is 6.90. The largest absolute Gasteiger partial charge is 0.541 e. The van der Waals surface area contributed by atoms with Crippen LogP contribution in [0.5, 0.6) is 0 Å². The zero-order valence-electron chi connectivity index (χ0n) is 19.8. The first kappa shape index (κ1) is 26.6. The molecule has 12 heteroatoms. The molecule has 0 spiro atoms. The van der Waals surface area contributed by atoms with Gasteiger partial charge in [-0.2, -0.15) is 4.39 Å². The number of halogens is 2. The van der Waals surface area contributed by atoms with Crippen molar-refractivity contribution >= 4 is 33.7 Å². The second kappa shape index (κ2) is 10.9. The summed E-state index contributed by atoms with van der Waals surface area (Å²) in [5.41, 5.74) is 0.957. The van der Waals surface area contributed by atoms with Gasteiger partial charge in [-0.3, -0.25) is 11.0 Å². The van der Waals surface area contributed by atoms with Crippen LogP contribution in [-0.2, 0) is 37.8 Å². The second-order valence-electron chi connectivity index (χ2n) is 8.60. The Bertz CT molecular complexity index is 1560. The molecule has 5 aromatic rings. The van der Waals surface area contributed by atoms with Crippen LogP contribution in [0.25, 0.3) is 31.8 Å². The normalized spacial score (nSPS) is 11.4. The van der Waals surface area contributed by atoms with Crippen molar-refractivity contribution < 1.29 is 34.6 Å². The number of benzene rings is 1. The van der Waals surface area contributed by atoms with Crippen molar-refractivity contribution in [3.8, 4) is 21.7 Å². The molecular formula is C25H20F2N7OSW-. The van der Waals surface area contributed by atoms with E-state index in [0.29, 0.717) is 34.7 Å². The van der Waals surface area contributed by atoms with E-state index in [4.69, 9.17) is 0 Å². The van der Waals surface area contributed by atoms with Crippen LogP contribution in [-0.4, -0.2) is 42.8 Å². The Hall–Kier alpha value is -3.43. The van der Waals surface area contributed by atoms with E-state index in [1.165, 1.54) is 23.6 Å². The molecule has 1 N–H and O–H groups in total. The van der Waals surface area contributed by atoms with Gasteiger partial charge < -0.3 is 10.1 Å². The van der Waals surface area contributed by atoms with Crippen LogP contribution in [0, 0.1) is 11.8 Å². The molecule has 0 saturated carbocycles. The summed E-state index contributed by atoms with van der Waals surface area (Å²) < 4.78 is 31.5. The predicted octanol–water partition coefficient (Wildman–Crippen LogP) is 4.79. The SMILES string of the molecule is CC(C)([C-]=O)c1cnc(F)cc1-c1cccc2cc(-c3nc(NCCn4ccnn4)ncc3F)sc12.[W]. The zero-order valence-corrected chi connectivity index (χ0v) is 23.5. The summed E-state index contributed by atoms with van der Waals surface area (Å²) in [5, 5.41) is 11.6. The molecule has 0 unspecified atom stereocenters. The Morgan fingerprint density at radius 1 is 1.14 bits per heavy atom. The summed E-state index contributed by atoms with van der Waals surface area (Å²) >= 11 is 1.33. The van der Waals surface area contributed by atoms with Crippen molar-refractivity contribution in [3.05, 3.63) is 72.4 Å². The number of aromatic nitrogens is 6. The number of thiophene rings is 1. The number of pyridine rings is 1. The van der Waals surface area contributed by atoms with E-state index in [9.17, 15) is 13.6 Å². The van der Waals surface area contributed by atoms with E-state index in [1.54, 1.807) is 30.9 Å². The van der Waals surface area contributed by atoms with Crippen molar-refractivity contribution in [3.63, 3.8) is 0 Å². The molecule has 4 aromatic heterocycles. The van der Waals surface area contributed by atoms with Crippen molar-refractivity contribution in [2.45, 2.75) is 25.8 Å². The maximum atomic E-state index is 14.8. The van der Waals surface area contributed by atoms with Gasteiger partial charge in [0.2, 0.25) is 11.9 Å². The first-order chi connectivity index (χ1) is 17.4. The number of nitrogens with one attached hydrogen (secondary N) is 1. The standard InChI is InChI=1S/C25H20F2N7OS.W/c1-25(2,14-35)18-12-29-21(27)11-17(18)16-5-3-4-15-10-20(36-23(15)16)22-19(26)13-30-24(32-22)28-6-8-34-9-7-31-33-34;/h3-5,7,9-13H,6,8H2,1-2H3,(H,28,30,32);/q-1;. The molecule has 37 heavy (non-hydrogen) atoms. The van der Waals surface area contributed by atoms with Crippen molar-refractivity contribution in [1.29, 1.82) is 0 Å². The van der Waals surface area contributed by atoms with Crippen LogP contribution < -0.4 is 5.32 Å². The van der Waals surface area contributed by atoms with Crippen molar-refractivity contribution in [2.75, 3.05) is 11.9 Å². The Labute approximate surface area is 229 Å². The molecule has 0 aliphatic rings. The summed E-state index contributed by atoms with van der Waals surface area (Å²) in [5.74, 6) is -0.934. The molecule has 0 fully saturated rings. The Balaban J connectivity index is 0.00000320. The maximum absolute atomic E-state index is 14.8. The zero-order chi connectivity index (χ0) is 25.3. The van der Waals surface area contributed by atoms with Gasteiger partial charge in [-0.05, 0) is 28.1 Å². The van der Waals surface area contributed by atoms with E-state index in [2.05, 4.69) is 30.6 Å². The second-order valence-corrected chi connectivity index (χ2v) is 9.65. The van der Waals surface area contributed by atoms with Crippen LogP contribution in [0.4, 0.5) is 14.7 Å². The van der Waals surface area contributed by atoms with Gasteiger partial charge in [-0.15, -0.1) is 21.9 Å². The van der Waals surface area contributed by atoms with Crippen molar-refractivity contribution in [1.82, 2.24) is 29.9 Å². The third-order valence-electron chi connectivity index (χ3n) is 5.71. The molecule has 0 aliphatic heterocycles. The van der Waals surface area contributed by atoms with Crippen LogP contribution in [0.3, 0.4) is 0 Å². The number of carbonyl (C=O) groups excluding carboxylic acids is 1. The van der Waals surface area contributed by atoms with Gasteiger partial charge in [-0.25, -0.2) is 19.3 Å². The van der Waals surface area contributed by atoms with Crippen LogP contribution in [0.2, 0.25) is 0 Å². The fourth-order valence-corrected chi connectivity index (χ4v) is 5.04. The molecular weight excluding hydrogens is 668 g/mol. The molecule has 0 atom stereocenters. The minimum absolute atomic E-state index is 0. The summed E-state index contributed by atoms with van der Waals surface area (Å²) in [4.78, 5) is 24.4. The average Bonchev–Trinajstić information content (AvgIpc) is 3.54. The van der Waals surface area contributed by atoms with E-state index in [1.807, 2.05) is 30.6 Å². The third kappa shape index (κ3) is 5.47. The molecule has 1 aromatic carbocycles. The molecule has 0 amide bonds. The van der Waals surface area contributed by atoms with E-state index in [-0.39, 0.29) is 32.7 Å². The Morgan fingerprint density at radius 2 is 1.97 bits per heavy atom. The first-order valence-electron chi connectivity index (χ1n) is 11.0. The predicted molar refractivity (Wildman–Crippen MR) is 133 cm³/mol. The van der Waals surface area contributed by atoms with Gasteiger partial charge in [-0.1, -0.05) is 37.3 Å². The van der Waals surface area contributed by atoms with Crippen LogP contribution >= 0.6 is 11.3 Å². The fourth-order valence-electron chi connectivity index (χ4n) is 3.86. The number of fused-ring (bicyclic) bond motifs is 1. The molecule has 4 heterocycles. The average molecular weight is 688 g/mol. The van der Waals surface area contributed by atoms with Gasteiger partial charge in [0.25, 0.3) is 0 Å². The quantitative estimate of drug-likeness (QED) is 0.185. The monoisotopic (exact) mass is 688 g/mol. The van der Waals surface area contributed by atoms with Crippen LogP contribution in [0.1, 0.15) is 19.4 Å². The molecule has 0 bridgehead atoms. The summed E-state index contributed by atoms with van der Waals surface area (Å²) in [6, 6.07) is 8.72. The first-order valence-corrected chi connectivity index (χ1v) is 11.9. The van der Waals surface area contributed by atoms with Gasteiger partial charge >= 0.3 is 0 Å². The van der Waals surface area contributed by atoms with E-state index in [0.717, 1.165) is 16.3 Å². The minimum Gasteiger partial charge on any atom is -0.541 e. The van der Waals surface area contributed by atoms with Crippen molar-refractivity contribution in [2.24, 2.45) is 0 Å².